The summed E-state index contributed by atoms with van der Waals surface area (Å²) in [4.78, 5) is 16.1. The van der Waals surface area contributed by atoms with Crippen LogP contribution in [0.15, 0.2) is 41.9 Å². The summed E-state index contributed by atoms with van der Waals surface area (Å²) in [6, 6.07) is 9.70. The number of aromatic carboxylic acids is 1. The van der Waals surface area contributed by atoms with Gasteiger partial charge in [-0.2, -0.15) is 0 Å². The summed E-state index contributed by atoms with van der Waals surface area (Å²) in [5.41, 5.74) is 2.03. The Kier molecular flexibility index (Phi) is 2.19. The van der Waals surface area contributed by atoms with Crippen LogP contribution in [0.1, 0.15) is 10.5 Å². The van der Waals surface area contributed by atoms with Crippen molar-refractivity contribution in [3.63, 3.8) is 0 Å². The van der Waals surface area contributed by atoms with Gasteiger partial charge in [-0.1, -0.05) is 30.3 Å². The number of carboxylic acids is 1. The fraction of sp³-hybridized carbons (Fsp3) is 0. The fourth-order valence-electron chi connectivity index (χ4n) is 1.69. The molecule has 0 atom stereocenters. The van der Waals surface area contributed by atoms with E-state index in [9.17, 15) is 4.79 Å². The van der Waals surface area contributed by atoms with Crippen LogP contribution >= 0.6 is 11.3 Å². The zero-order valence-corrected chi connectivity index (χ0v) is 9.52. The molecule has 3 rings (SSSR count). The molecule has 5 heteroatoms. The molecule has 0 amide bonds. The molecule has 17 heavy (non-hydrogen) atoms. The molecule has 1 aromatic carbocycles. The standard InChI is InChI=1S/C12H8N2O2S/c15-11(16)10-7-17-12-13-9(6-14(10)12)8-4-2-1-3-5-8/h1-7H,(H,15,16). The second-order valence-corrected chi connectivity index (χ2v) is 4.41. The van der Waals surface area contributed by atoms with Crippen LogP contribution in [0.2, 0.25) is 0 Å². The molecule has 3 aromatic rings. The first kappa shape index (κ1) is 10.0. The first-order valence-electron chi connectivity index (χ1n) is 5.01. The maximum atomic E-state index is 11.0. The van der Waals surface area contributed by atoms with Gasteiger partial charge in [-0.3, -0.25) is 4.40 Å². The van der Waals surface area contributed by atoms with Gasteiger partial charge < -0.3 is 5.11 Å². The van der Waals surface area contributed by atoms with Crippen molar-refractivity contribution in [1.29, 1.82) is 0 Å². The van der Waals surface area contributed by atoms with Crippen molar-refractivity contribution >= 4 is 22.3 Å². The molecule has 1 N–H and O–H groups in total. The third-order valence-corrected chi connectivity index (χ3v) is 3.34. The van der Waals surface area contributed by atoms with Gasteiger partial charge in [0.05, 0.1) is 5.69 Å². The number of imidazole rings is 1. The van der Waals surface area contributed by atoms with Crippen molar-refractivity contribution in [2.75, 3.05) is 0 Å². The number of thiazole rings is 1. The van der Waals surface area contributed by atoms with E-state index in [1.54, 1.807) is 16.0 Å². The zero-order chi connectivity index (χ0) is 11.8. The average Bonchev–Trinajstić information content (AvgIpc) is 2.88. The summed E-state index contributed by atoms with van der Waals surface area (Å²) in [6.07, 6.45) is 1.75. The van der Waals surface area contributed by atoms with Crippen LogP contribution in [0, 0.1) is 0 Å². The van der Waals surface area contributed by atoms with Crippen molar-refractivity contribution in [2.45, 2.75) is 0 Å². The van der Waals surface area contributed by atoms with Crippen LogP contribution in [0.3, 0.4) is 0 Å². The van der Waals surface area contributed by atoms with Crippen molar-refractivity contribution in [2.24, 2.45) is 0 Å². The number of rotatable bonds is 2. The quantitative estimate of drug-likeness (QED) is 0.754. The summed E-state index contributed by atoms with van der Waals surface area (Å²) in [6.45, 7) is 0. The van der Waals surface area contributed by atoms with Gasteiger partial charge in [-0.15, -0.1) is 11.3 Å². The van der Waals surface area contributed by atoms with E-state index < -0.39 is 5.97 Å². The molecule has 0 unspecified atom stereocenters. The van der Waals surface area contributed by atoms with Gasteiger partial charge in [0.1, 0.15) is 5.69 Å². The summed E-state index contributed by atoms with van der Waals surface area (Å²) >= 11 is 1.33. The van der Waals surface area contributed by atoms with E-state index in [0.29, 0.717) is 4.96 Å². The number of benzene rings is 1. The number of aromatic nitrogens is 2. The minimum atomic E-state index is -0.937. The van der Waals surface area contributed by atoms with Gasteiger partial charge in [-0.25, -0.2) is 9.78 Å². The molecule has 0 spiro atoms. The lowest BCUT2D eigenvalue weighted by Crippen LogP contribution is -1.99. The van der Waals surface area contributed by atoms with E-state index in [-0.39, 0.29) is 5.69 Å². The zero-order valence-electron chi connectivity index (χ0n) is 8.70. The number of hydrogen-bond acceptors (Lipinski definition) is 3. The smallest absolute Gasteiger partial charge is 0.353 e. The molecule has 0 fully saturated rings. The summed E-state index contributed by atoms with van der Waals surface area (Å²) in [7, 11) is 0. The highest BCUT2D eigenvalue weighted by molar-refractivity contribution is 7.15. The molecule has 0 aliphatic rings. The SMILES string of the molecule is O=C(O)c1csc2nc(-c3ccccc3)cn12. The van der Waals surface area contributed by atoms with Crippen LogP contribution in [-0.2, 0) is 0 Å². The van der Waals surface area contributed by atoms with E-state index in [1.165, 1.54) is 11.3 Å². The lowest BCUT2D eigenvalue weighted by molar-refractivity contribution is 0.0689. The Bertz CT molecular complexity index is 685. The monoisotopic (exact) mass is 244 g/mol. The minimum Gasteiger partial charge on any atom is -0.477 e. The Labute approximate surface area is 101 Å². The molecule has 84 valence electrons. The van der Waals surface area contributed by atoms with Crippen molar-refractivity contribution in [1.82, 2.24) is 9.38 Å². The maximum Gasteiger partial charge on any atom is 0.353 e. The van der Waals surface area contributed by atoms with Gasteiger partial charge >= 0.3 is 5.97 Å². The molecule has 0 radical (unpaired) electrons. The van der Waals surface area contributed by atoms with E-state index in [4.69, 9.17) is 5.11 Å². The van der Waals surface area contributed by atoms with Gasteiger partial charge in [0.2, 0.25) is 0 Å². The number of hydrogen-bond donors (Lipinski definition) is 1. The Balaban J connectivity index is 2.18. The minimum absolute atomic E-state index is 0.250. The molecule has 2 aromatic heterocycles. The second kappa shape index (κ2) is 3.71. The molecule has 0 aliphatic carbocycles. The fourth-order valence-corrected chi connectivity index (χ4v) is 2.53. The Morgan fingerprint density at radius 2 is 2.06 bits per heavy atom. The molecule has 0 saturated carbocycles. The van der Waals surface area contributed by atoms with Gasteiger partial charge in [0, 0.05) is 17.1 Å². The third kappa shape index (κ3) is 1.60. The summed E-state index contributed by atoms with van der Waals surface area (Å²) in [5.74, 6) is -0.937. The number of carbonyl (C=O) groups is 1. The Morgan fingerprint density at radius 1 is 1.29 bits per heavy atom. The molecule has 0 saturated heterocycles. The van der Waals surface area contributed by atoms with Crippen LogP contribution in [0.5, 0.6) is 0 Å². The molecule has 0 bridgehead atoms. The van der Waals surface area contributed by atoms with Gasteiger partial charge in [-0.05, 0) is 0 Å². The van der Waals surface area contributed by atoms with E-state index >= 15 is 0 Å². The predicted molar refractivity (Wildman–Crippen MR) is 65.5 cm³/mol. The van der Waals surface area contributed by atoms with Crippen molar-refractivity contribution < 1.29 is 9.90 Å². The van der Waals surface area contributed by atoms with Crippen LogP contribution in [0.4, 0.5) is 0 Å². The molecular weight excluding hydrogens is 236 g/mol. The number of fused-ring (bicyclic) bond motifs is 1. The van der Waals surface area contributed by atoms with E-state index in [0.717, 1.165) is 11.3 Å². The Hall–Kier alpha value is -2.14. The first-order valence-corrected chi connectivity index (χ1v) is 5.89. The highest BCUT2D eigenvalue weighted by atomic mass is 32.1. The summed E-state index contributed by atoms with van der Waals surface area (Å²) < 4.78 is 1.61. The predicted octanol–water partition coefficient (Wildman–Crippen LogP) is 2.76. The van der Waals surface area contributed by atoms with E-state index in [1.807, 2.05) is 30.3 Å². The van der Waals surface area contributed by atoms with Crippen molar-refractivity contribution in [3.8, 4) is 11.3 Å². The highest BCUT2D eigenvalue weighted by Gasteiger charge is 2.13. The molecule has 0 aliphatic heterocycles. The van der Waals surface area contributed by atoms with Crippen LogP contribution in [-0.4, -0.2) is 20.5 Å². The lowest BCUT2D eigenvalue weighted by atomic mass is 10.2. The number of nitrogens with zero attached hydrogens (tertiary/aromatic N) is 2. The first-order chi connectivity index (χ1) is 8.25. The molecular formula is C12H8N2O2S. The average molecular weight is 244 g/mol. The molecule has 4 nitrogen and oxygen atoms in total. The second-order valence-electron chi connectivity index (χ2n) is 3.57. The maximum absolute atomic E-state index is 11.0. The topological polar surface area (TPSA) is 54.6 Å². The normalized spacial score (nSPS) is 10.8. The Morgan fingerprint density at radius 3 is 2.76 bits per heavy atom. The van der Waals surface area contributed by atoms with Crippen LogP contribution < -0.4 is 0 Å². The van der Waals surface area contributed by atoms with Gasteiger partial charge in [0.15, 0.2) is 4.96 Å². The highest BCUT2D eigenvalue weighted by Crippen LogP contribution is 2.23. The third-order valence-electron chi connectivity index (χ3n) is 2.50. The largest absolute Gasteiger partial charge is 0.477 e. The van der Waals surface area contributed by atoms with Crippen LogP contribution in [0.25, 0.3) is 16.2 Å². The number of carboxylic acid groups (broad SMARTS) is 1. The molecule has 2 heterocycles. The lowest BCUT2D eigenvalue weighted by Gasteiger charge is -1.93. The van der Waals surface area contributed by atoms with Crippen molar-refractivity contribution in [3.05, 3.63) is 47.6 Å². The van der Waals surface area contributed by atoms with E-state index in [2.05, 4.69) is 4.98 Å². The summed E-state index contributed by atoms with van der Waals surface area (Å²) in [5, 5.41) is 10.6. The van der Waals surface area contributed by atoms with Gasteiger partial charge in [0.25, 0.3) is 0 Å².